The summed E-state index contributed by atoms with van der Waals surface area (Å²) in [6, 6.07) is 1.97. The normalized spacial score (nSPS) is 29.5. The van der Waals surface area contributed by atoms with Gasteiger partial charge in [0.25, 0.3) is 0 Å². The lowest BCUT2D eigenvalue weighted by Crippen LogP contribution is -2.45. The van der Waals surface area contributed by atoms with Crippen LogP contribution >= 0.6 is 0 Å². The van der Waals surface area contributed by atoms with Gasteiger partial charge in [0.05, 0.1) is 12.0 Å². The van der Waals surface area contributed by atoms with E-state index in [9.17, 15) is 18.0 Å². The van der Waals surface area contributed by atoms with Gasteiger partial charge in [0.15, 0.2) is 0 Å². The first-order chi connectivity index (χ1) is 10.9. The second-order valence-electron chi connectivity index (χ2n) is 6.67. The highest BCUT2D eigenvalue weighted by Crippen LogP contribution is 2.40. The number of halogens is 3. The number of amides is 1. The SMILES string of the molecule is O=C([C@@H]1CCC[C@@H](C(F)(F)F)C1)N1CCC[C@@H](n2cccn2)C1. The van der Waals surface area contributed by atoms with Crippen LogP contribution in [0.25, 0.3) is 0 Å². The smallest absolute Gasteiger partial charge is 0.340 e. The van der Waals surface area contributed by atoms with Crippen LogP contribution in [-0.4, -0.2) is 39.9 Å². The molecule has 7 heteroatoms. The van der Waals surface area contributed by atoms with Crippen LogP contribution in [0.4, 0.5) is 13.2 Å². The Hall–Kier alpha value is -1.53. The zero-order valence-corrected chi connectivity index (χ0v) is 13.0. The van der Waals surface area contributed by atoms with E-state index in [1.54, 1.807) is 11.1 Å². The van der Waals surface area contributed by atoms with Crippen LogP contribution in [-0.2, 0) is 4.79 Å². The van der Waals surface area contributed by atoms with Gasteiger partial charge in [-0.25, -0.2) is 0 Å². The maximum atomic E-state index is 12.9. The van der Waals surface area contributed by atoms with E-state index in [-0.39, 0.29) is 24.8 Å². The zero-order chi connectivity index (χ0) is 16.4. The minimum Gasteiger partial charge on any atom is -0.340 e. The molecule has 1 aromatic heterocycles. The molecule has 1 aliphatic heterocycles. The highest BCUT2D eigenvalue weighted by molar-refractivity contribution is 5.79. The van der Waals surface area contributed by atoms with Crippen molar-refractivity contribution in [1.29, 1.82) is 0 Å². The van der Waals surface area contributed by atoms with E-state index in [2.05, 4.69) is 5.10 Å². The monoisotopic (exact) mass is 329 g/mol. The Kier molecular flexibility index (Phi) is 4.64. The number of aromatic nitrogens is 2. The molecule has 3 rings (SSSR count). The molecule has 1 amide bonds. The van der Waals surface area contributed by atoms with Crippen molar-refractivity contribution in [3.8, 4) is 0 Å². The van der Waals surface area contributed by atoms with Gasteiger partial charge in [0, 0.05) is 31.4 Å². The standard InChI is InChI=1S/C16H22F3N3O/c17-16(18,19)13-5-1-4-12(10-13)15(23)21-8-2-6-14(11-21)22-9-3-7-20-22/h3,7,9,12-14H,1-2,4-6,8,10-11H2/t12-,13-,14-/m1/s1. The first-order valence-electron chi connectivity index (χ1n) is 8.30. The maximum absolute atomic E-state index is 12.9. The van der Waals surface area contributed by atoms with Gasteiger partial charge >= 0.3 is 6.18 Å². The minimum absolute atomic E-state index is 0.0503. The maximum Gasteiger partial charge on any atom is 0.391 e. The number of hydrogen-bond acceptors (Lipinski definition) is 2. The molecule has 1 saturated carbocycles. The van der Waals surface area contributed by atoms with Gasteiger partial charge in [-0.1, -0.05) is 6.42 Å². The summed E-state index contributed by atoms with van der Waals surface area (Å²) in [5.74, 6) is -1.90. The van der Waals surface area contributed by atoms with Crippen molar-refractivity contribution >= 4 is 5.91 Å². The number of piperidine rings is 1. The van der Waals surface area contributed by atoms with Gasteiger partial charge in [0.1, 0.15) is 0 Å². The zero-order valence-electron chi connectivity index (χ0n) is 13.0. The van der Waals surface area contributed by atoms with Gasteiger partial charge in [-0.05, 0) is 38.2 Å². The molecular formula is C16H22F3N3O. The predicted octanol–water partition coefficient (Wildman–Crippen LogP) is 3.42. The average Bonchev–Trinajstić information content (AvgIpc) is 3.08. The van der Waals surface area contributed by atoms with Gasteiger partial charge in [-0.15, -0.1) is 0 Å². The van der Waals surface area contributed by atoms with Crippen molar-refractivity contribution in [2.75, 3.05) is 13.1 Å². The molecule has 128 valence electrons. The molecule has 0 radical (unpaired) electrons. The van der Waals surface area contributed by atoms with Gasteiger partial charge in [-0.3, -0.25) is 9.48 Å². The lowest BCUT2D eigenvalue weighted by Gasteiger charge is -2.37. The number of hydrogen-bond donors (Lipinski definition) is 0. The number of likely N-dealkylation sites (tertiary alicyclic amines) is 1. The van der Waals surface area contributed by atoms with E-state index in [0.29, 0.717) is 25.9 Å². The Morgan fingerprint density at radius 3 is 2.70 bits per heavy atom. The van der Waals surface area contributed by atoms with Crippen molar-refractivity contribution in [1.82, 2.24) is 14.7 Å². The number of rotatable bonds is 2. The Labute approximate surface area is 133 Å². The van der Waals surface area contributed by atoms with E-state index >= 15 is 0 Å². The Bertz CT molecular complexity index is 529. The average molecular weight is 329 g/mol. The van der Waals surface area contributed by atoms with Crippen LogP contribution < -0.4 is 0 Å². The number of nitrogens with zero attached hydrogens (tertiary/aromatic N) is 3. The molecule has 0 bridgehead atoms. The van der Waals surface area contributed by atoms with Crippen LogP contribution in [0.2, 0.25) is 0 Å². The van der Waals surface area contributed by atoms with Crippen LogP contribution in [0.5, 0.6) is 0 Å². The van der Waals surface area contributed by atoms with Gasteiger partial charge in [0.2, 0.25) is 5.91 Å². The van der Waals surface area contributed by atoms with Crippen LogP contribution in [0.3, 0.4) is 0 Å². The quantitative estimate of drug-likeness (QED) is 0.834. The first kappa shape index (κ1) is 16.3. The van der Waals surface area contributed by atoms with Gasteiger partial charge in [-0.2, -0.15) is 18.3 Å². The fourth-order valence-electron chi connectivity index (χ4n) is 3.84. The topological polar surface area (TPSA) is 38.1 Å². The third-order valence-electron chi connectivity index (χ3n) is 5.09. The van der Waals surface area contributed by atoms with Crippen molar-refractivity contribution in [2.24, 2.45) is 11.8 Å². The largest absolute Gasteiger partial charge is 0.391 e. The highest BCUT2D eigenvalue weighted by Gasteiger charge is 2.44. The molecule has 1 aliphatic carbocycles. The summed E-state index contributed by atoms with van der Waals surface area (Å²) in [7, 11) is 0. The first-order valence-corrected chi connectivity index (χ1v) is 8.30. The molecule has 2 heterocycles. The third-order valence-corrected chi connectivity index (χ3v) is 5.09. The second-order valence-corrected chi connectivity index (χ2v) is 6.67. The fraction of sp³-hybridized carbons (Fsp3) is 0.750. The number of carbonyl (C=O) groups excluding carboxylic acids is 1. The van der Waals surface area contributed by atoms with E-state index in [1.807, 2.05) is 16.9 Å². The lowest BCUT2D eigenvalue weighted by atomic mass is 9.80. The van der Waals surface area contributed by atoms with Crippen LogP contribution in [0, 0.1) is 11.8 Å². The van der Waals surface area contributed by atoms with E-state index in [0.717, 1.165) is 12.8 Å². The van der Waals surface area contributed by atoms with Crippen molar-refractivity contribution in [3.63, 3.8) is 0 Å². The molecule has 0 aromatic carbocycles. The molecule has 4 nitrogen and oxygen atoms in total. The minimum atomic E-state index is -4.18. The molecule has 23 heavy (non-hydrogen) atoms. The second kappa shape index (κ2) is 6.53. The van der Waals surface area contributed by atoms with E-state index in [4.69, 9.17) is 0 Å². The summed E-state index contributed by atoms with van der Waals surface area (Å²) in [5.41, 5.74) is 0. The van der Waals surface area contributed by atoms with Crippen LogP contribution in [0.1, 0.15) is 44.6 Å². The Morgan fingerprint density at radius 2 is 2.00 bits per heavy atom. The molecule has 0 spiro atoms. The molecule has 0 unspecified atom stereocenters. The molecular weight excluding hydrogens is 307 g/mol. The summed E-state index contributed by atoms with van der Waals surface area (Å²) < 4.78 is 40.6. The number of alkyl halides is 3. The molecule has 2 aliphatic rings. The lowest BCUT2D eigenvalue weighted by molar-refractivity contribution is -0.187. The van der Waals surface area contributed by atoms with Gasteiger partial charge < -0.3 is 4.90 Å². The summed E-state index contributed by atoms with van der Waals surface area (Å²) >= 11 is 0. The molecule has 0 N–H and O–H groups in total. The summed E-state index contributed by atoms with van der Waals surface area (Å²) in [6.45, 7) is 1.19. The van der Waals surface area contributed by atoms with E-state index < -0.39 is 18.0 Å². The highest BCUT2D eigenvalue weighted by atomic mass is 19.4. The third kappa shape index (κ3) is 3.70. The van der Waals surface area contributed by atoms with Crippen molar-refractivity contribution in [3.05, 3.63) is 18.5 Å². The molecule has 1 saturated heterocycles. The molecule has 1 aromatic rings. The predicted molar refractivity (Wildman–Crippen MR) is 78.6 cm³/mol. The van der Waals surface area contributed by atoms with E-state index in [1.165, 1.54) is 0 Å². The molecule has 3 atom stereocenters. The summed E-state index contributed by atoms with van der Waals surface area (Å²) in [5, 5.41) is 4.22. The van der Waals surface area contributed by atoms with Crippen molar-refractivity contribution < 1.29 is 18.0 Å². The number of carbonyl (C=O) groups is 1. The summed E-state index contributed by atoms with van der Waals surface area (Å²) in [4.78, 5) is 14.4. The molecule has 2 fully saturated rings. The van der Waals surface area contributed by atoms with Crippen molar-refractivity contribution in [2.45, 2.75) is 50.7 Å². The Morgan fingerprint density at radius 1 is 1.17 bits per heavy atom. The Balaban J connectivity index is 1.63. The van der Waals surface area contributed by atoms with Crippen LogP contribution in [0.15, 0.2) is 18.5 Å². The summed E-state index contributed by atoms with van der Waals surface area (Å²) in [6.07, 6.45) is 2.38. The fourth-order valence-corrected chi connectivity index (χ4v) is 3.84.